The number of hydroxylamine groups is 1. The molecule has 0 saturated heterocycles. The molecule has 0 unspecified atom stereocenters. The Labute approximate surface area is 141 Å². The molecule has 0 fully saturated rings. The van der Waals surface area contributed by atoms with Crippen molar-refractivity contribution in [2.75, 3.05) is 7.11 Å². The quantitative estimate of drug-likeness (QED) is 0.824. The van der Waals surface area contributed by atoms with E-state index in [-0.39, 0.29) is 0 Å². The van der Waals surface area contributed by atoms with Crippen molar-refractivity contribution >= 4 is 11.9 Å². The molecule has 1 amide bonds. The fourth-order valence-electron chi connectivity index (χ4n) is 2.14. The van der Waals surface area contributed by atoms with Gasteiger partial charge in [0, 0.05) is 5.56 Å². The standard InChI is InChI=1S/C19H21NO4/c1-3-4-5-14-6-8-16(9-7-14)19(22)24-20-18(21)15-10-12-17(23-2)13-11-15/h6-13H,3-5H2,1-2H3,(H,20,21). The number of ether oxygens (including phenoxy) is 1. The van der Waals surface area contributed by atoms with E-state index in [2.05, 4.69) is 12.4 Å². The molecule has 0 aliphatic heterocycles. The average Bonchev–Trinajstić information content (AvgIpc) is 2.64. The van der Waals surface area contributed by atoms with Gasteiger partial charge in [0.1, 0.15) is 5.75 Å². The molecule has 0 aliphatic rings. The van der Waals surface area contributed by atoms with Gasteiger partial charge >= 0.3 is 5.97 Å². The minimum atomic E-state index is -0.598. The van der Waals surface area contributed by atoms with Crippen LogP contribution in [0.15, 0.2) is 48.5 Å². The molecule has 0 spiro atoms. The minimum absolute atomic E-state index is 0.374. The highest BCUT2D eigenvalue weighted by Crippen LogP contribution is 2.12. The molecule has 0 heterocycles. The summed E-state index contributed by atoms with van der Waals surface area (Å²) in [6.07, 6.45) is 3.23. The molecule has 5 nitrogen and oxygen atoms in total. The number of methoxy groups -OCH3 is 1. The van der Waals surface area contributed by atoms with Crippen molar-refractivity contribution in [1.29, 1.82) is 0 Å². The summed E-state index contributed by atoms with van der Waals surface area (Å²) in [6, 6.07) is 13.7. The van der Waals surface area contributed by atoms with Crippen molar-refractivity contribution in [2.45, 2.75) is 26.2 Å². The molecule has 2 aromatic rings. The third-order valence-electron chi connectivity index (χ3n) is 3.60. The van der Waals surface area contributed by atoms with Gasteiger partial charge in [0.15, 0.2) is 0 Å². The van der Waals surface area contributed by atoms with Crippen molar-refractivity contribution in [3.63, 3.8) is 0 Å². The summed E-state index contributed by atoms with van der Waals surface area (Å²) in [5.41, 5.74) is 4.10. The van der Waals surface area contributed by atoms with Crippen molar-refractivity contribution in [3.8, 4) is 5.75 Å². The number of nitrogens with one attached hydrogen (secondary N) is 1. The van der Waals surface area contributed by atoms with E-state index < -0.39 is 11.9 Å². The van der Waals surface area contributed by atoms with E-state index >= 15 is 0 Å². The smallest absolute Gasteiger partial charge is 0.362 e. The molecule has 2 aromatic carbocycles. The zero-order valence-corrected chi connectivity index (χ0v) is 13.9. The number of carbonyl (C=O) groups excluding carboxylic acids is 2. The molecule has 1 N–H and O–H groups in total. The lowest BCUT2D eigenvalue weighted by Crippen LogP contribution is -2.27. The maximum absolute atomic E-state index is 11.9. The van der Waals surface area contributed by atoms with Crippen LogP contribution in [0.3, 0.4) is 0 Å². The van der Waals surface area contributed by atoms with Crippen LogP contribution >= 0.6 is 0 Å². The van der Waals surface area contributed by atoms with Crippen LogP contribution in [0.2, 0.25) is 0 Å². The monoisotopic (exact) mass is 327 g/mol. The SMILES string of the molecule is CCCCc1ccc(C(=O)ONC(=O)c2ccc(OC)cc2)cc1. The number of carbonyl (C=O) groups is 2. The summed E-state index contributed by atoms with van der Waals surface area (Å²) in [7, 11) is 1.55. The maximum Gasteiger partial charge on any atom is 0.362 e. The van der Waals surface area contributed by atoms with Crippen LogP contribution in [0.25, 0.3) is 0 Å². The Balaban J connectivity index is 1.88. The van der Waals surface area contributed by atoms with Gasteiger partial charge in [0.25, 0.3) is 5.91 Å². The van der Waals surface area contributed by atoms with E-state index in [1.807, 2.05) is 12.1 Å². The number of hydrogen-bond acceptors (Lipinski definition) is 4. The first-order valence-corrected chi connectivity index (χ1v) is 7.88. The summed E-state index contributed by atoms with van der Waals surface area (Å²) in [5.74, 6) is -0.448. The third-order valence-corrected chi connectivity index (χ3v) is 3.60. The Hall–Kier alpha value is -2.82. The van der Waals surface area contributed by atoms with Gasteiger partial charge in [0.2, 0.25) is 0 Å². The van der Waals surface area contributed by atoms with Crippen LogP contribution in [0.5, 0.6) is 5.75 Å². The van der Waals surface area contributed by atoms with Gasteiger partial charge in [-0.05, 0) is 54.8 Å². The largest absolute Gasteiger partial charge is 0.497 e. The van der Waals surface area contributed by atoms with E-state index in [1.54, 1.807) is 43.5 Å². The van der Waals surface area contributed by atoms with Gasteiger partial charge in [-0.15, -0.1) is 0 Å². The Kier molecular flexibility index (Phi) is 6.37. The molecule has 0 atom stereocenters. The third kappa shape index (κ3) is 4.84. The van der Waals surface area contributed by atoms with Crippen molar-refractivity contribution < 1.29 is 19.2 Å². The highest BCUT2D eigenvalue weighted by molar-refractivity contribution is 5.96. The van der Waals surface area contributed by atoms with Crippen LogP contribution in [0.4, 0.5) is 0 Å². The van der Waals surface area contributed by atoms with Crippen LogP contribution in [-0.2, 0) is 11.3 Å². The normalized spacial score (nSPS) is 10.1. The highest BCUT2D eigenvalue weighted by atomic mass is 16.7. The second-order valence-electron chi connectivity index (χ2n) is 5.35. The number of amides is 1. The maximum atomic E-state index is 11.9. The number of rotatable bonds is 6. The Bertz CT molecular complexity index is 678. The summed E-state index contributed by atoms with van der Waals surface area (Å²) >= 11 is 0. The van der Waals surface area contributed by atoms with E-state index in [9.17, 15) is 9.59 Å². The molecule has 0 aliphatic carbocycles. The van der Waals surface area contributed by atoms with Crippen molar-refractivity contribution in [3.05, 3.63) is 65.2 Å². The number of benzene rings is 2. The second-order valence-corrected chi connectivity index (χ2v) is 5.35. The predicted molar refractivity (Wildman–Crippen MR) is 90.9 cm³/mol. The van der Waals surface area contributed by atoms with E-state index in [4.69, 9.17) is 9.57 Å². The summed E-state index contributed by atoms with van der Waals surface area (Å²) in [4.78, 5) is 28.7. The van der Waals surface area contributed by atoms with Crippen LogP contribution in [-0.4, -0.2) is 19.0 Å². The Morgan fingerprint density at radius 2 is 1.58 bits per heavy atom. The Morgan fingerprint density at radius 3 is 2.17 bits per heavy atom. The molecule has 0 aromatic heterocycles. The van der Waals surface area contributed by atoms with Gasteiger partial charge in [-0.2, -0.15) is 5.48 Å². The van der Waals surface area contributed by atoms with E-state index in [0.29, 0.717) is 16.9 Å². The molecule has 0 saturated carbocycles. The zero-order chi connectivity index (χ0) is 17.4. The van der Waals surface area contributed by atoms with Crippen LogP contribution < -0.4 is 10.2 Å². The average molecular weight is 327 g/mol. The van der Waals surface area contributed by atoms with Crippen molar-refractivity contribution in [2.24, 2.45) is 0 Å². The lowest BCUT2D eigenvalue weighted by Gasteiger charge is -2.07. The minimum Gasteiger partial charge on any atom is -0.497 e. The number of unbranched alkanes of at least 4 members (excludes halogenated alkanes) is 1. The van der Waals surface area contributed by atoms with Crippen molar-refractivity contribution in [1.82, 2.24) is 5.48 Å². The van der Waals surface area contributed by atoms with E-state index in [1.165, 1.54) is 5.56 Å². The molecule has 2 rings (SSSR count). The predicted octanol–water partition coefficient (Wildman–Crippen LogP) is 3.54. The topological polar surface area (TPSA) is 64.6 Å². The summed E-state index contributed by atoms with van der Waals surface area (Å²) in [5, 5.41) is 0. The summed E-state index contributed by atoms with van der Waals surface area (Å²) < 4.78 is 5.02. The molecule has 0 bridgehead atoms. The highest BCUT2D eigenvalue weighted by Gasteiger charge is 2.11. The lowest BCUT2D eigenvalue weighted by molar-refractivity contribution is 0.0230. The van der Waals surface area contributed by atoms with Gasteiger partial charge < -0.3 is 9.57 Å². The fraction of sp³-hybridized carbons (Fsp3) is 0.263. The second kappa shape index (κ2) is 8.72. The molecular weight excluding hydrogens is 306 g/mol. The first-order chi connectivity index (χ1) is 11.6. The number of hydrogen-bond donors (Lipinski definition) is 1. The first-order valence-electron chi connectivity index (χ1n) is 7.88. The van der Waals surface area contributed by atoms with Gasteiger partial charge in [-0.25, -0.2) is 4.79 Å². The first kappa shape index (κ1) is 17.5. The summed E-state index contributed by atoms with van der Waals surface area (Å²) in [6.45, 7) is 2.14. The van der Waals surface area contributed by atoms with Gasteiger partial charge in [0.05, 0.1) is 12.7 Å². The number of aryl methyl sites for hydroxylation is 1. The molecule has 5 heteroatoms. The van der Waals surface area contributed by atoms with Gasteiger partial charge in [-0.1, -0.05) is 25.5 Å². The van der Waals surface area contributed by atoms with Crippen LogP contribution in [0, 0.1) is 0 Å². The molecule has 0 radical (unpaired) electrons. The lowest BCUT2D eigenvalue weighted by atomic mass is 10.1. The molecular formula is C19H21NO4. The van der Waals surface area contributed by atoms with Gasteiger partial charge in [-0.3, -0.25) is 4.79 Å². The Morgan fingerprint density at radius 1 is 0.958 bits per heavy atom. The van der Waals surface area contributed by atoms with Crippen LogP contribution in [0.1, 0.15) is 46.0 Å². The molecule has 24 heavy (non-hydrogen) atoms. The fourth-order valence-corrected chi connectivity index (χ4v) is 2.14. The zero-order valence-electron chi connectivity index (χ0n) is 13.9. The molecule has 126 valence electrons. The van der Waals surface area contributed by atoms with E-state index in [0.717, 1.165) is 19.3 Å².